The van der Waals surface area contributed by atoms with Gasteiger partial charge in [0.05, 0.1) is 6.61 Å². The average Bonchev–Trinajstić information content (AvgIpc) is 2.40. The number of nitriles is 1. The van der Waals surface area contributed by atoms with Crippen LogP contribution < -0.4 is 4.74 Å². The van der Waals surface area contributed by atoms with E-state index in [1.165, 1.54) is 12.1 Å². The first-order chi connectivity index (χ1) is 8.81. The zero-order chi connectivity index (χ0) is 12.8. The highest BCUT2D eigenvalue weighted by Gasteiger charge is 2.08. The summed E-state index contributed by atoms with van der Waals surface area (Å²) in [5.74, 6) is -0.273. The summed E-state index contributed by atoms with van der Waals surface area (Å²) in [6.07, 6.45) is 4.10. The Kier molecular flexibility index (Phi) is 3.87. The normalized spacial score (nSPS) is 9.78. The maximum Gasteiger partial charge on any atom is 0.144 e. The molecule has 1 heterocycles. The summed E-state index contributed by atoms with van der Waals surface area (Å²) in [4.78, 5) is 3.92. The van der Waals surface area contributed by atoms with Gasteiger partial charge in [-0.2, -0.15) is 5.26 Å². The van der Waals surface area contributed by atoms with Gasteiger partial charge in [-0.1, -0.05) is 6.07 Å². The Morgan fingerprint density at radius 2 is 2.00 bits per heavy atom. The van der Waals surface area contributed by atoms with Crippen molar-refractivity contribution in [3.63, 3.8) is 0 Å². The molecule has 1 aromatic heterocycles. The van der Waals surface area contributed by atoms with Crippen molar-refractivity contribution in [2.75, 3.05) is 6.61 Å². The molecule has 0 unspecified atom stereocenters. The fraction of sp³-hybridized carbons (Fsp3) is 0.143. The van der Waals surface area contributed by atoms with Crippen LogP contribution in [0.25, 0.3) is 0 Å². The van der Waals surface area contributed by atoms with Gasteiger partial charge in [0.15, 0.2) is 0 Å². The molecule has 0 aliphatic carbocycles. The number of rotatable bonds is 4. The number of ether oxygens (including phenoxy) is 1. The van der Waals surface area contributed by atoms with E-state index >= 15 is 0 Å². The Hall–Kier alpha value is -2.41. The van der Waals surface area contributed by atoms with E-state index in [2.05, 4.69) is 4.98 Å². The standard InChI is InChI=1S/C14H11FN2O/c15-13-2-1-3-14(12(13)10-16)18-9-6-11-4-7-17-8-5-11/h1-5,7-8H,6,9H2. The van der Waals surface area contributed by atoms with E-state index in [-0.39, 0.29) is 11.3 Å². The lowest BCUT2D eigenvalue weighted by molar-refractivity contribution is 0.319. The lowest BCUT2D eigenvalue weighted by Gasteiger charge is -2.08. The summed E-state index contributed by atoms with van der Waals surface area (Å²) in [6.45, 7) is 0.391. The van der Waals surface area contributed by atoms with Crippen LogP contribution in [0.15, 0.2) is 42.7 Å². The van der Waals surface area contributed by atoms with E-state index in [9.17, 15) is 4.39 Å². The SMILES string of the molecule is N#Cc1c(F)cccc1OCCc1ccncc1. The third kappa shape index (κ3) is 2.83. The number of nitrogens with zero attached hydrogens (tertiary/aromatic N) is 2. The van der Waals surface area contributed by atoms with E-state index in [1.807, 2.05) is 12.1 Å². The molecule has 0 saturated heterocycles. The molecule has 0 radical (unpaired) electrons. The van der Waals surface area contributed by atoms with Crippen molar-refractivity contribution in [3.05, 3.63) is 59.7 Å². The molecule has 90 valence electrons. The maximum atomic E-state index is 13.3. The maximum absolute atomic E-state index is 13.3. The first kappa shape index (κ1) is 12.1. The molecule has 0 aliphatic heterocycles. The molecule has 0 fully saturated rings. The molecule has 18 heavy (non-hydrogen) atoms. The van der Waals surface area contributed by atoms with Crippen LogP contribution in [0.3, 0.4) is 0 Å². The Bertz CT molecular complexity index is 564. The summed E-state index contributed by atoms with van der Waals surface area (Å²) < 4.78 is 18.7. The first-order valence-corrected chi connectivity index (χ1v) is 5.51. The fourth-order valence-electron chi connectivity index (χ4n) is 1.56. The third-order valence-corrected chi connectivity index (χ3v) is 2.48. The highest BCUT2D eigenvalue weighted by Crippen LogP contribution is 2.20. The van der Waals surface area contributed by atoms with E-state index in [0.717, 1.165) is 5.56 Å². The molecule has 1 aromatic carbocycles. The largest absolute Gasteiger partial charge is 0.492 e. The van der Waals surface area contributed by atoms with Crippen LogP contribution in [0.1, 0.15) is 11.1 Å². The van der Waals surface area contributed by atoms with Crippen LogP contribution >= 0.6 is 0 Å². The van der Waals surface area contributed by atoms with Crippen LogP contribution in [0.4, 0.5) is 4.39 Å². The number of benzene rings is 1. The minimum Gasteiger partial charge on any atom is -0.492 e. The van der Waals surface area contributed by atoms with E-state index in [4.69, 9.17) is 10.00 Å². The van der Waals surface area contributed by atoms with Crippen molar-refractivity contribution in [2.24, 2.45) is 0 Å². The number of pyridine rings is 1. The summed E-state index contributed by atoms with van der Waals surface area (Å²) in [7, 11) is 0. The van der Waals surface area contributed by atoms with Gasteiger partial charge in [-0.15, -0.1) is 0 Å². The van der Waals surface area contributed by atoms with Crippen LogP contribution in [-0.4, -0.2) is 11.6 Å². The van der Waals surface area contributed by atoms with Crippen LogP contribution in [-0.2, 0) is 6.42 Å². The lowest BCUT2D eigenvalue weighted by atomic mass is 10.2. The van der Waals surface area contributed by atoms with Gasteiger partial charge < -0.3 is 4.74 Å². The molecule has 4 heteroatoms. The summed E-state index contributed by atoms with van der Waals surface area (Å²) in [6, 6.07) is 9.94. The topological polar surface area (TPSA) is 45.9 Å². The molecule has 2 rings (SSSR count). The van der Waals surface area contributed by atoms with E-state index < -0.39 is 5.82 Å². The molecule has 0 N–H and O–H groups in total. The molecule has 0 amide bonds. The second-order valence-corrected chi connectivity index (χ2v) is 3.68. The van der Waals surface area contributed by atoms with Gasteiger partial charge in [0.25, 0.3) is 0 Å². The van der Waals surface area contributed by atoms with E-state index in [0.29, 0.717) is 13.0 Å². The molecule has 0 bridgehead atoms. The van der Waals surface area contributed by atoms with E-state index in [1.54, 1.807) is 24.5 Å². The Balaban J connectivity index is 1.99. The van der Waals surface area contributed by atoms with Gasteiger partial charge in [-0.05, 0) is 29.8 Å². The highest BCUT2D eigenvalue weighted by atomic mass is 19.1. The highest BCUT2D eigenvalue weighted by molar-refractivity contribution is 5.43. The minimum atomic E-state index is -0.557. The van der Waals surface area contributed by atoms with Crippen molar-refractivity contribution in [2.45, 2.75) is 6.42 Å². The second kappa shape index (κ2) is 5.78. The molecule has 0 atom stereocenters. The van der Waals surface area contributed by atoms with Crippen molar-refractivity contribution < 1.29 is 9.13 Å². The zero-order valence-corrected chi connectivity index (χ0v) is 9.64. The van der Waals surface area contributed by atoms with Gasteiger partial charge in [0.1, 0.15) is 23.2 Å². The van der Waals surface area contributed by atoms with Gasteiger partial charge in [-0.3, -0.25) is 4.98 Å². The van der Waals surface area contributed by atoms with Crippen LogP contribution in [0, 0.1) is 17.1 Å². The molecular weight excluding hydrogens is 231 g/mol. The number of hydrogen-bond acceptors (Lipinski definition) is 3. The average molecular weight is 242 g/mol. The molecule has 0 aliphatic rings. The summed E-state index contributed by atoms with van der Waals surface area (Å²) in [5, 5.41) is 8.84. The monoisotopic (exact) mass is 242 g/mol. The molecular formula is C14H11FN2O. The van der Waals surface area contributed by atoms with Crippen LogP contribution in [0.2, 0.25) is 0 Å². The van der Waals surface area contributed by atoms with Gasteiger partial charge in [0, 0.05) is 18.8 Å². The van der Waals surface area contributed by atoms with Gasteiger partial charge >= 0.3 is 0 Å². The minimum absolute atomic E-state index is 0.0489. The smallest absolute Gasteiger partial charge is 0.144 e. The fourth-order valence-corrected chi connectivity index (χ4v) is 1.56. The Morgan fingerprint density at radius 3 is 2.72 bits per heavy atom. The quantitative estimate of drug-likeness (QED) is 0.828. The van der Waals surface area contributed by atoms with Crippen molar-refractivity contribution in [3.8, 4) is 11.8 Å². The van der Waals surface area contributed by atoms with Crippen molar-refractivity contribution in [1.29, 1.82) is 5.26 Å². The zero-order valence-electron chi connectivity index (χ0n) is 9.64. The molecule has 3 nitrogen and oxygen atoms in total. The predicted octanol–water partition coefficient (Wildman–Crippen LogP) is 2.71. The second-order valence-electron chi connectivity index (χ2n) is 3.68. The van der Waals surface area contributed by atoms with Crippen LogP contribution in [0.5, 0.6) is 5.75 Å². The van der Waals surface area contributed by atoms with Gasteiger partial charge in [-0.25, -0.2) is 4.39 Å². The number of aromatic nitrogens is 1. The molecule has 0 spiro atoms. The Labute approximate surface area is 104 Å². The lowest BCUT2D eigenvalue weighted by Crippen LogP contribution is -2.03. The first-order valence-electron chi connectivity index (χ1n) is 5.51. The number of hydrogen-bond donors (Lipinski definition) is 0. The molecule has 0 saturated carbocycles. The van der Waals surface area contributed by atoms with Crippen molar-refractivity contribution >= 4 is 0 Å². The summed E-state index contributed by atoms with van der Waals surface area (Å²) in [5.41, 5.74) is 1.03. The van der Waals surface area contributed by atoms with Crippen molar-refractivity contribution in [1.82, 2.24) is 4.98 Å². The predicted molar refractivity (Wildman–Crippen MR) is 64.6 cm³/mol. The summed E-state index contributed by atoms with van der Waals surface area (Å²) >= 11 is 0. The third-order valence-electron chi connectivity index (χ3n) is 2.48. The molecule has 2 aromatic rings. The van der Waals surface area contributed by atoms with Gasteiger partial charge in [0.2, 0.25) is 0 Å². The number of halogens is 1. The Morgan fingerprint density at radius 1 is 1.22 bits per heavy atom.